The molecule has 1 N–H and O–H groups in total. The first-order valence-corrected chi connectivity index (χ1v) is 6.38. The maximum atomic E-state index is 10.4. The van der Waals surface area contributed by atoms with E-state index in [-0.39, 0.29) is 0 Å². The van der Waals surface area contributed by atoms with E-state index >= 15 is 0 Å². The quantitative estimate of drug-likeness (QED) is 0.584. The third-order valence-corrected chi connectivity index (χ3v) is 2.64. The van der Waals surface area contributed by atoms with Crippen LogP contribution in [0.2, 0.25) is 0 Å². The number of rotatable bonds is 10. The summed E-state index contributed by atoms with van der Waals surface area (Å²) in [7, 11) is 0. The van der Waals surface area contributed by atoms with Gasteiger partial charge in [-0.1, -0.05) is 46.0 Å². The van der Waals surface area contributed by atoms with Crippen LogP contribution in [0.3, 0.4) is 0 Å². The fraction of sp³-hybridized carbons (Fsp3) is 0.923. The van der Waals surface area contributed by atoms with Gasteiger partial charge in [0.2, 0.25) is 0 Å². The molecular formula is C13H26O3. The van der Waals surface area contributed by atoms with Gasteiger partial charge in [0.15, 0.2) is 6.10 Å². The smallest absolute Gasteiger partial charge is 0.332 e. The summed E-state index contributed by atoms with van der Waals surface area (Å²) in [5, 5.41) is 8.58. The minimum absolute atomic E-state index is 0.567. The average Bonchev–Trinajstić information content (AvgIpc) is 2.21. The zero-order valence-electron chi connectivity index (χ0n) is 10.9. The number of ether oxygens (including phenoxy) is 1. The number of carboxylic acid groups (broad SMARTS) is 1. The van der Waals surface area contributed by atoms with Crippen molar-refractivity contribution in [3.8, 4) is 0 Å². The van der Waals surface area contributed by atoms with Gasteiger partial charge in [-0.3, -0.25) is 0 Å². The van der Waals surface area contributed by atoms with Gasteiger partial charge in [0.1, 0.15) is 0 Å². The molecule has 0 aliphatic carbocycles. The molecule has 0 rings (SSSR count). The van der Waals surface area contributed by atoms with Crippen molar-refractivity contribution in [3.05, 3.63) is 0 Å². The molecule has 0 amide bonds. The van der Waals surface area contributed by atoms with E-state index < -0.39 is 12.1 Å². The maximum Gasteiger partial charge on any atom is 0.332 e. The third kappa shape index (κ3) is 9.97. The number of unbranched alkanes of at least 4 members (excludes halogenated alkanes) is 4. The van der Waals surface area contributed by atoms with Crippen molar-refractivity contribution in [1.29, 1.82) is 0 Å². The van der Waals surface area contributed by atoms with E-state index in [1.54, 1.807) is 6.92 Å². The molecule has 0 radical (unpaired) electrons. The van der Waals surface area contributed by atoms with Gasteiger partial charge in [-0.15, -0.1) is 0 Å². The van der Waals surface area contributed by atoms with Gasteiger partial charge in [0.25, 0.3) is 0 Å². The van der Waals surface area contributed by atoms with Crippen molar-refractivity contribution in [2.24, 2.45) is 5.92 Å². The van der Waals surface area contributed by atoms with Gasteiger partial charge in [0, 0.05) is 6.61 Å². The molecule has 96 valence electrons. The lowest BCUT2D eigenvalue weighted by atomic mass is 10.0. The van der Waals surface area contributed by atoms with Gasteiger partial charge in [-0.05, 0) is 19.3 Å². The molecule has 3 heteroatoms. The number of carbonyl (C=O) groups is 1. The molecule has 0 saturated carbocycles. The van der Waals surface area contributed by atoms with E-state index in [1.807, 2.05) is 0 Å². The van der Waals surface area contributed by atoms with Crippen molar-refractivity contribution in [3.63, 3.8) is 0 Å². The molecule has 0 heterocycles. The first kappa shape index (κ1) is 15.4. The molecule has 0 aliphatic heterocycles. The topological polar surface area (TPSA) is 46.5 Å². The van der Waals surface area contributed by atoms with Gasteiger partial charge in [-0.2, -0.15) is 0 Å². The second-order valence-corrected chi connectivity index (χ2v) is 4.80. The van der Waals surface area contributed by atoms with Crippen molar-refractivity contribution < 1.29 is 14.6 Å². The molecule has 0 aromatic rings. The van der Waals surface area contributed by atoms with Crippen LogP contribution in [0.5, 0.6) is 0 Å². The van der Waals surface area contributed by atoms with Crippen LogP contribution >= 0.6 is 0 Å². The van der Waals surface area contributed by atoms with Gasteiger partial charge in [-0.25, -0.2) is 4.79 Å². The minimum Gasteiger partial charge on any atom is -0.479 e. The highest BCUT2D eigenvalue weighted by Gasteiger charge is 2.09. The second kappa shape index (κ2) is 9.64. The van der Waals surface area contributed by atoms with E-state index in [0.29, 0.717) is 6.61 Å². The van der Waals surface area contributed by atoms with Crippen LogP contribution in [0.15, 0.2) is 0 Å². The van der Waals surface area contributed by atoms with Crippen LogP contribution in [-0.2, 0) is 9.53 Å². The molecule has 0 fully saturated rings. The van der Waals surface area contributed by atoms with Crippen LogP contribution in [-0.4, -0.2) is 23.8 Å². The van der Waals surface area contributed by atoms with E-state index in [9.17, 15) is 4.79 Å². The number of aliphatic carboxylic acids is 1. The largest absolute Gasteiger partial charge is 0.479 e. The van der Waals surface area contributed by atoms with E-state index in [2.05, 4.69) is 13.8 Å². The summed E-state index contributed by atoms with van der Waals surface area (Å²) in [4.78, 5) is 10.4. The first-order chi connectivity index (χ1) is 7.54. The van der Waals surface area contributed by atoms with Crippen LogP contribution in [0.4, 0.5) is 0 Å². The first-order valence-electron chi connectivity index (χ1n) is 6.38. The maximum absolute atomic E-state index is 10.4. The highest BCUT2D eigenvalue weighted by molar-refractivity contribution is 5.71. The Kier molecular flexibility index (Phi) is 9.30. The Bertz CT molecular complexity index is 178. The molecule has 0 aliphatic rings. The van der Waals surface area contributed by atoms with Gasteiger partial charge >= 0.3 is 5.97 Å². The predicted octanol–water partition coefficient (Wildman–Crippen LogP) is 3.47. The van der Waals surface area contributed by atoms with Crippen molar-refractivity contribution in [2.45, 2.75) is 65.4 Å². The molecule has 0 aromatic heterocycles. The third-order valence-electron chi connectivity index (χ3n) is 2.64. The fourth-order valence-corrected chi connectivity index (χ4v) is 1.52. The number of hydrogen-bond acceptors (Lipinski definition) is 2. The Hall–Kier alpha value is -0.570. The van der Waals surface area contributed by atoms with Crippen molar-refractivity contribution in [1.82, 2.24) is 0 Å². The molecule has 0 bridgehead atoms. The van der Waals surface area contributed by atoms with E-state index in [4.69, 9.17) is 9.84 Å². The zero-order valence-corrected chi connectivity index (χ0v) is 10.9. The zero-order chi connectivity index (χ0) is 12.4. The summed E-state index contributed by atoms with van der Waals surface area (Å²) < 4.78 is 5.15. The van der Waals surface area contributed by atoms with Crippen molar-refractivity contribution in [2.75, 3.05) is 6.61 Å². The highest BCUT2D eigenvalue weighted by Crippen LogP contribution is 2.10. The van der Waals surface area contributed by atoms with Crippen LogP contribution < -0.4 is 0 Å². The minimum atomic E-state index is -0.878. The SMILES string of the molecule is CC(C)CCCCCCCOC(C)C(=O)O. The standard InChI is InChI=1S/C13H26O3/c1-11(2)9-7-5-4-6-8-10-16-12(3)13(14)15/h11-12H,4-10H2,1-3H3,(H,14,15). The summed E-state index contributed by atoms with van der Waals surface area (Å²) in [6.45, 7) is 6.64. The Labute approximate surface area is 99.2 Å². The lowest BCUT2D eigenvalue weighted by Crippen LogP contribution is -2.20. The highest BCUT2D eigenvalue weighted by atomic mass is 16.5. The fourth-order valence-electron chi connectivity index (χ4n) is 1.52. The molecule has 0 spiro atoms. The average molecular weight is 230 g/mol. The normalized spacial score (nSPS) is 13.0. The number of carboxylic acids is 1. The predicted molar refractivity (Wildman–Crippen MR) is 65.6 cm³/mol. The molecule has 1 atom stereocenters. The summed E-state index contributed by atoms with van der Waals surface area (Å²) in [5.74, 6) is -0.0725. The van der Waals surface area contributed by atoms with Crippen molar-refractivity contribution >= 4 is 5.97 Å². The summed E-state index contributed by atoms with van der Waals surface area (Å²) in [5.41, 5.74) is 0. The van der Waals surface area contributed by atoms with E-state index in [1.165, 1.54) is 25.7 Å². The molecule has 16 heavy (non-hydrogen) atoms. The molecular weight excluding hydrogens is 204 g/mol. The lowest BCUT2D eigenvalue weighted by molar-refractivity contribution is -0.149. The van der Waals surface area contributed by atoms with Crippen LogP contribution in [0, 0.1) is 5.92 Å². The molecule has 1 unspecified atom stereocenters. The van der Waals surface area contributed by atoms with Crippen LogP contribution in [0.1, 0.15) is 59.3 Å². The van der Waals surface area contributed by atoms with Crippen LogP contribution in [0.25, 0.3) is 0 Å². The number of hydrogen-bond donors (Lipinski definition) is 1. The van der Waals surface area contributed by atoms with Gasteiger partial charge < -0.3 is 9.84 Å². The molecule has 3 nitrogen and oxygen atoms in total. The van der Waals surface area contributed by atoms with Gasteiger partial charge in [0.05, 0.1) is 0 Å². The lowest BCUT2D eigenvalue weighted by Gasteiger charge is -2.08. The monoisotopic (exact) mass is 230 g/mol. The van der Waals surface area contributed by atoms with E-state index in [0.717, 1.165) is 18.8 Å². The Morgan fingerprint density at radius 2 is 1.62 bits per heavy atom. The summed E-state index contributed by atoms with van der Waals surface area (Å²) in [6, 6.07) is 0. The second-order valence-electron chi connectivity index (χ2n) is 4.80. The molecule has 0 saturated heterocycles. The summed E-state index contributed by atoms with van der Waals surface area (Å²) in [6.07, 6.45) is 6.59. The summed E-state index contributed by atoms with van der Waals surface area (Å²) >= 11 is 0. The Balaban J connectivity index is 3.13. The Morgan fingerprint density at radius 1 is 1.06 bits per heavy atom. The molecule has 0 aromatic carbocycles. The Morgan fingerprint density at radius 3 is 2.19 bits per heavy atom.